The molecule has 1 unspecified atom stereocenters. The molecular formula is C15H20N2O2. The highest BCUT2D eigenvalue weighted by atomic mass is 16.2. The highest BCUT2D eigenvalue weighted by Crippen LogP contribution is 2.30. The number of imide groups is 1. The molecule has 0 aromatic heterocycles. The van der Waals surface area contributed by atoms with E-state index in [1.54, 1.807) is 18.2 Å². The zero-order valence-electron chi connectivity index (χ0n) is 11.9. The van der Waals surface area contributed by atoms with Gasteiger partial charge in [0.25, 0.3) is 11.8 Å². The van der Waals surface area contributed by atoms with Gasteiger partial charge in [0.15, 0.2) is 0 Å². The van der Waals surface area contributed by atoms with Crippen LogP contribution in [-0.2, 0) is 0 Å². The Kier molecular flexibility index (Phi) is 3.12. The largest absolute Gasteiger partial charge is 0.399 e. The third kappa shape index (κ3) is 2.35. The second-order valence-electron chi connectivity index (χ2n) is 6.29. The normalized spacial score (nSPS) is 16.7. The number of rotatable bonds is 2. The van der Waals surface area contributed by atoms with E-state index in [0.29, 0.717) is 23.4 Å². The van der Waals surface area contributed by atoms with Gasteiger partial charge in [0, 0.05) is 12.2 Å². The lowest BCUT2D eigenvalue weighted by atomic mass is 9.82. The van der Waals surface area contributed by atoms with Crippen LogP contribution in [0.2, 0.25) is 0 Å². The second-order valence-corrected chi connectivity index (χ2v) is 6.29. The topological polar surface area (TPSA) is 63.4 Å². The summed E-state index contributed by atoms with van der Waals surface area (Å²) in [5, 5.41) is 0. The Hall–Kier alpha value is -1.84. The summed E-state index contributed by atoms with van der Waals surface area (Å²) in [6.07, 6.45) is 0. The molecule has 0 radical (unpaired) electrons. The van der Waals surface area contributed by atoms with Crippen LogP contribution < -0.4 is 5.73 Å². The molecule has 0 aliphatic carbocycles. The summed E-state index contributed by atoms with van der Waals surface area (Å²) < 4.78 is 0. The molecule has 2 rings (SSSR count). The summed E-state index contributed by atoms with van der Waals surface area (Å²) in [7, 11) is 0. The standard InChI is InChI=1S/C15H20N2O2/c1-9(15(2,3)4)8-17-13(18)11-6-5-10(16)7-12(11)14(17)19/h5-7,9H,8,16H2,1-4H3. The van der Waals surface area contributed by atoms with Gasteiger partial charge in [0.1, 0.15) is 0 Å². The number of hydrogen-bond donors (Lipinski definition) is 1. The van der Waals surface area contributed by atoms with Crippen LogP contribution in [0.5, 0.6) is 0 Å². The molecule has 19 heavy (non-hydrogen) atoms. The van der Waals surface area contributed by atoms with Crippen molar-refractivity contribution in [2.45, 2.75) is 27.7 Å². The van der Waals surface area contributed by atoms with Crippen LogP contribution in [0.25, 0.3) is 0 Å². The molecule has 1 heterocycles. The Morgan fingerprint density at radius 3 is 2.32 bits per heavy atom. The van der Waals surface area contributed by atoms with E-state index < -0.39 is 0 Å². The molecule has 1 aromatic carbocycles. The summed E-state index contributed by atoms with van der Waals surface area (Å²) in [6.45, 7) is 8.81. The Morgan fingerprint density at radius 2 is 1.74 bits per heavy atom. The number of nitrogens with zero attached hydrogens (tertiary/aromatic N) is 1. The average molecular weight is 260 g/mol. The minimum Gasteiger partial charge on any atom is -0.399 e. The van der Waals surface area contributed by atoms with Gasteiger partial charge in [-0.25, -0.2) is 0 Å². The molecule has 102 valence electrons. The molecule has 1 aliphatic rings. The quantitative estimate of drug-likeness (QED) is 0.656. The van der Waals surface area contributed by atoms with Crippen LogP contribution in [0.1, 0.15) is 48.4 Å². The SMILES string of the molecule is CC(CN1C(=O)c2ccc(N)cc2C1=O)C(C)(C)C. The maximum atomic E-state index is 12.3. The van der Waals surface area contributed by atoms with E-state index in [1.165, 1.54) is 4.90 Å². The Balaban J connectivity index is 2.28. The molecule has 1 aliphatic heterocycles. The summed E-state index contributed by atoms with van der Waals surface area (Å²) >= 11 is 0. The highest BCUT2D eigenvalue weighted by molar-refractivity contribution is 6.21. The van der Waals surface area contributed by atoms with E-state index in [2.05, 4.69) is 27.7 Å². The molecule has 0 spiro atoms. The van der Waals surface area contributed by atoms with Crippen molar-refractivity contribution in [3.8, 4) is 0 Å². The number of carbonyl (C=O) groups is 2. The fraction of sp³-hybridized carbons (Fsp3) is 0.467. The molecule has 0 fully saturated rings. The zero-order valence-corrected chi connectivity index (χ0v) is 11.9. The van der Waals surface area contributed by atoms with E-state index in [0.717, 1.165) is 0 Å². The minimum atomic E-state index is -0.233. The van der Waals surface area contributed by atoms with Gasteiger partial charge in [0.2, 0.25) is 0 Å². The first-order valence-corrected chi connectivity index (χ1v) is 6.47. The Morgan fingerprint density at radius 1 is 1.16 bits per heavy atom. The van der Waals surface area contributed by atoms with Crippen molar-refractivity contribution in [1.82, 2.24) is 4.90 Å². The average Bonchev–Trinajstić information content (AvgIpc) is 2.53. The lowest BCUT2D eigenvalue weighted by Gasteiger charge is -2.30. The van der Waals surface area contributed by atoms with Gasteiger partial charge >= 0.3 is 0 Å². The maximum absolute atomic E-state index is 12.3. The van der Waals surface area contributed by atoms with Crippen LogP contribution >= 0.6 is 0 Å². The van der Waals surface area contributed by atoms with Crippen molar-refractivity contribution < 1.29 is 9.59 Å². The molecule has 0 saturated carbocycles. The molecule has 1 atom stereocenters. The summed E-state index contributed by atoms with van der Waals surface area (Å²) in [6, 6.07) is 4.87. The van der Waals surface area contributed by atoms with Gasteiger partial charge in [-0.05, 0) is 29.5 Å². The number of anilines is 1. The summed E-state index contributed by atoms with van der Waals surface area (Å²) in [5.74, 6) is -0.216. The smallest absolute Gasteiger partial charge is 0.261 e. The van der Waals surface area contributed by atoms with E-state index in [4.69, 9.17) is 5.73 Å². The second kappa shape index (κ2) is 4.37. The van der Waals surface area contributed by atoms with Crippen molar-refractivity contribution in [2.24, 2.45) is 11.3 Å². The minimum absolute atomic E-state index is 0.0500. The van der Waals surface area contributed by atoms with Crippen molar-refractivity contribution in [1.29, 1.82) is 0 Å². The molecule has 0 bridgehead atoms. The van der Waals surface area contributed by atoms with Gasteiger partial charge < -0.3 is 5.73 Å². The maximum Gasteiger partial charge on any atom is 0.261 e. The van der Waals surface area contributed by atoms with Crippen LogP contribution in [0.3, 0.4) is 0 Å². The first-order valence-electron chi connectivity index (χ1n) is 6.47. The number of nitrogen functional groups attached to an aromatic ring is 1. The van der Waals surface area contributed by atoms with Crippen LogP contribution in [0.15, 0.2) is 18.2 Å². The lowest BCUT2D eigenvalue weighted by Crippen LogP contribution is -2.37. The number of hydrogen-bond acceptors (Lipinski definition) is 3. The number of nitrogens with two attached hydrogens (primary N) is 1. The van der Waals surface area contributed by atoms with E-state index in [-0.39, 0.29) is 23.1 Å². The third-order valence-corrected chi connectivity index (χ3v) is 3.93. The first-order chi connectivity index (χ1) is 8.71. The number of benzene rings is 1. The summed E-state index contributed by atoms with van der Waals surface area (Å²) in [4.78, 5) is 25.8. The zero-order chi connectivity index (χ0) is 14.4. The Labute approximate surface area is 113 Å². The molecule has 2 N–H and O–H groups in total. The molecule has 4 heteroatoms. The molecular weight excluding hydrogens is 240 g/mol. The highest BCUT2D eigenvalue weighted by Gasteiger charge is 2.37. The van der Waals surface area contributed by atoms with E-state index in [9.17, 15) is 9.59 Å². The number of amides is 2. The molecule has 4 nitrogen and oxygen atoms in total. The lowest BCUT2D eigenvalue weighted by molar-refractivity contribution is 0.0595. The van der Waals surface area contributed by atoms with Crippen molar-refractivity contribution in [3.05, 3.63) is 29.3 Å². The monoisotopic (exact) mass is 260 g/mol. The van der Waals surface area contributed by atoms with Gasteiger partial charge in [0.05, 0.1) is 11.1 Å². The molecule has 2 amide bonds. The van der Waals surface area contributed by atoms with Crippen LogP contribution in [0, 0.1) is 11.3 Å². The molecule has 0 saturated heterocycles. The van der Waals surface area contributed by atoms with Gasteiger partial charge in [-0.1, -0.05) is 27.7 Å². The predicted molar refractivity (Wildman–Crippen MR) is 74.8 cm³/mol. The van der Waals surface area contributed by atoms with Crippen molar-refractivity contribution in [2.75, 3.05) is 12.3 Å². The van der Waals surface area contributed by atoms with Gasteiger partial charge in [-0.15, -0.1) is 0 Å². The fourth-order valence-corrected chi connectivity index (χ4v) is 2.02. The predicted octanol–water partition coefficient (Wildman–Crippen LogP) is 2.55. The van der Waals surface area contributed by atoms with E-state index >= 15 is 0 Å². The Bertz CT molecular complexity index is 544. The summed E-state index contributed by atoms with van der Waals surface area (Å²) in [5.41, 5.74) is 7.11. The first kappa shape index (κ1) is 13.6. The van der Waals surface area contributed by atoms with Gasteiger partial charge in [-0.3, -0.25) is 14.5 Å². The van der Waals surface area contributed by atoms with Gasteiger partial charge in [-0.2, -0.15) is 0 Å². The fourth-order valence-electron chi connectivity index (χ4n) is 2.02. The van der Waals surface area contributed by atoms with Crippen molar-refractivity contribution >= 4 is 17.5 Å². The van der Waals surface area contributed by atoms with Crippen LogP contribution in [-0.4, -0.2) is 23.3 Å². The van der Waals surface area contributed by atoms with E-state index in [1.807, 2.05) is 0 Å². The third-order valence-electron chi connectivity index (χ3n) is 3.93. The van der Waals surface area contributed by atoms with Crippen LogP contribution in [0.4, 0.5) is 5.69 Å². The van der Waals surface area contributed by atoms with Crippen molar-refractivity contribution in [3.63, 3.8) is 0 Å². The number of carbonyl (C=O) groups excluding carboxylic acids is 2. The number of fused-ring (bicyclic) bond motifs is 1. The molecule has 1 aromatic rings.